The van der Waals surface area contributed by atoms with E-state index in [0.29, 0.717) is 39.1 Å². The van der Waals surface area contributed by atoms with Gasteiger partial charge in [-0.3, -0.25) is 9.69 Å². The number of piperazine rings is 1. The number of carbonyl (C=O) groups excluding carboxylic acids is 2. The van der Waals surface area contributed by atoms with Crippen LogP contribution in [0.15, 0.2) is 54.6 Å². The van der Waals surface area contributed by atoms with E-state index in [9.17, 15) is 22.8 Å². The Kier molecular flexibility index (Phi) is 8.59. The van der Waals surface area contributed by atoms with Gasteiger partial charge in [0.25, 0.3) is 0 Å². The summed E-state index contributed by atoms with van der Waals surface area (Å²) in [6, 6.07) is 14.6. The fourth-order valence-electron chi connectivity index (χ4n) is 5.90. The van der Waals surface area contributed by atoms with Gasteiger partial charge in [0.1, 0.15) is 0 Å². The predicted octanol–water partition coefficient (Wildman–Crippen LogP) is 5.53. The Bertz CT molecular complexity index is 1120. The third kappa shape index (κ3) is 6.93. The van der Waals surface area contributed by atoms with E-state index in [0.717, 1.165) is 36.1 Å². The third-order valence-corrected chi connectivity index (χ3v) is 8.16. The van der Waals surface area contributed by atoms with E-state index in [4.69, 9.17) is 5.73 Å². The molecule has 0 bridgehead atoms. The molecule has 2 aromatic carbocycles. The SMILES string of the molecule is CC(C)(C)[C@H]1CN(C(c2ccccc2)c2ccc(C(F)(F)F)cc2)CCN1C(=O)CC1CCN(C(N)=O)CC1. The molecule has 2 heterocycles. The van der Waals surface area contributed by atoms with Crippen LogP contribution in [0.5, 0.6) is 0 Å². The first-order chi connectivity index (χ1) is 18.3. The van der Waals surface area contributed by atoms with Crippen LogP contribution in [0.4, 0.5) is 18.0 Å². The second-order valence-corrected chi connectivity index (χ2v) is 11.9. The first-order valence-electron chi connectivity index (χ1n) is 13.6. The van der Waals surface area contributed by atoms with Gasteiger partial charge in [-0.25, -0.2) is 4.79 Å². The summed E-state index contributed by atoms with van der Waals surface area (Å²) in [7, 11) is 0. The molecule has 0 spiro atoms. The lowest BCUT2D eigenvalue weighted by Gasteiger charge is -2.50. The molecule has 0 radical (unpaired) electrons. The minimum absolute atomic E-state index is 0.0647. The summed E-state index contributed by atoms with van der Waals surface area (Å²) in [5.74, 6) is 0.342. The van der Waals surface area contributed by atoms with Gasteiger partial charge in [-0.15, -0.1) is 0 Å². The molecule has 1 unspecified atom stereocenters. The minimum Gasteiger partial charge on any atom is -0.351 e. The van der Waals surface area contributed by atoms with Gasteiger partial charge in [-0.2, -0.15) is 13.2 Å². The fraction of sp³-hybridized carbons (Fsp3) is 0.533. The number of halogens is 3. The number of urea groups is 1. The molecular formula is C30H39F3N4O2. The van der Waals surface area contributed by atoms with Crippen molar-refractivity contribution < 1.29 is 22.8 Å². The molecular weight excluding hydrogens is 505 g/mol. The zero-order valence-corrected chi connectivity index (χ0v) is 23.0. The highest BCUT2D eigenvalue weighted by Gasteiger charge is 2.41. The Morgan fingerprint density at radius 1 is 0.897 bits per heavy atom. The number of benzene rings is 2. The van der Waals surface area contributed by atoms with Gasteiger partial charge < -0.3 is 15.5 Å². The zero-order chi connectivity index (χ0) is 28.4. The molecule has 9 heteroatoms. The lowest BCUT2D eigenvalue weighted by atomic mass is 9.82. The lowest BCUT2D eigenvalue weighted by Crippen LogP contribution is -2.60. The largest absolute Gasteiger partial charge is 0.416 e. The predicted molar refractivity (Wildman–Crippen MR) is 145 cm³/mol. The molecule has 2 fully saturated rings. The van der Waals surface area contributed by atoms with E-state index in [1.807, 2.05) is 35.2 Å². The van der Waals surface area contributed by atoms with Crippen LogP contribution in [0.2, 0.25) is 0 Å². The Hall–Kier alpha value is -3.07. The van der Waals surface area contributed by atoms with Crippen molar-refractivity contribution in [3.63, 3.8) is 0 Å². The van der Waals surface area contributed by atoms with Crippen LogP contribution in [0.3, 0.4) is 0 Å². The number of piperidine rings is 1. The van der Waals surface area contributed by atoms with Crippen molar-refractivity contribution >= 4 is 11.9 Å². The quantitative estimate of drug-likeness (QED) is 0.538. The number of nitrogens with two attached hydrogens (primary N) is 1. The molecule has 2 saturated heterocycles. The van der Waals surface area contributed by atoms with Gasteiger partial charge in [-0.1, -0.05) is 63.2 Å². The van der Waals surface area contributed by atoms with E-state index < -0.39 is 17.8 Å². The summed E-state index contributed by atoms with van der Waals surface area (Å²) in [4.78, 5) is 31.0. The molecule has 2 aliphatic heterocycles. The highest BCUT2D eigenvalue weighted by atomic mass is 19.4. The highest BCUT2D eigenvalue weighted by Crippen LogP contribution is 2.37. The van der Waals surface area contributed by atoms with Crippen LogP contribution < -0.4 is 5.73 Å². The summed E-state index contributed by atoms with van der Waals surface area (Å²) >= 11 is 0. The van der Waals surface area contributed by atoms with Gasteiger partial charge in [0.15, 0.2) is 0 Å². The van der Waals surface area contributed by atoms with Crippen LogP contribution in [-0.2, 0) is 11.0 Å². The normalized spacial score (nSPS) is 20.6. The molecule has 0 aromatic heterocycles. The van der Waals surface area contributed by atoms with E-state index in [2.05, 4.69) is 25.7 Å². The second-order valence-electron chi connectivity index (χ2n) is 11.9. The van der Waals surface area contributed by atoms with Crippen molar-refractivity contribution in [2.24, 2.45) is 17.1 Å². The Balaban J connectivity index is 1.54. The average molecular weight is 545 g/mol. The standard InChI is InChI=1S/C30H39F3N4O2/c1-29(2,3)25-20-36(17-18-37(25)26(38)19-21-13-15-35(16-14-21)28(34)39)27(22-7-5-4-6-8-22)23-9-11-24(12-10-23)30(31,32)33/h4-12,21,25,27H,13-20H2,1-3H3,(H2,34,39)/t25-,27?/m1/s1. The lowest BCUT2D eigenvalue weighted by molar-refractivity contribution is -0.141. The molecule has 6 nitrogen and oxygen atoms in total. The summed E-state index contributed by atoms with van der Waals surface area (Å²) < 4.78 is 39.8. The van der Waals surface area contributed by atoms with Crippen molar-refractivity contribution in [2.75, 3.05) is 32.7 Å². The van der Waals surface area contributed by atoms with Crippen molar-refractivity contribution in [3.05, 3.63) is 71.3 Å². The molecule has 0 saturated carbocycles. The van der Waals surface area contributed by atoms with Crippen LogP contribution in [0.25, 0.3) is 0 Å². The fourth-order valence-corrected chi connectivity index (χ4v) is 5.90. The average Bonchev–Trinajstić information content (AvgIpc) is 2.89. The summed E-state index contributed by atoms with van der Waals surface area (Å²) in [6.07, 6.45) is -2.42. The van der Waals surface area contributed by atoms with E-state index >= 15 is 0 Å². The molecule has 2 aromatic rings. The maximum absolute atomic E-state index is 13.6. The monoisotopic (exact) mass is 544 g/mol. The van der Waals surface area contributed by atoms with Gasteiger partial charge in [0, 0.05) is 45.2 Å². The molecule has 2 atom stereocenters. The Morgan fingerprint density at radius 2 is 1.49 bits per heavy atom. The molecule has 3 amide bonds. The Labute approximate surface area is 228 Å². The number of hydrogen-bond acceptors (Lipinski definition) is 3. The van der Waals surface area contributed by atoms with Crippen LogP contribution in [-0.4, -0.2) is 65.4 Å². The van der Waals surface area contributed by atoms with Gasteiger partial charge in [0.2, 0.25) is 5.91 Å². The highest BCUT2D eigenvalue weighted by molar-refractivity contribution is 5.77. The topological polar surface area (TPSA) is 69.9 Å². The zero-order valence-electron chi connectivity index (χ0n) is 23.0. The van der Waals surface area contributed by atoms with Crippen LogP contribution in [0, 0.1) is 11.3 Å². The van der Waals surface area contributed by atoms with Crippen molar-refractivity contribution in [2.45, 2.75) is 58.3 Å². The van der Waals surface area contributed by atoms with E-state index in [-0.39, 0.29) is 29.3 Å². The molecule has 2 aliphatic rings. The number of hydrogen-bond donors (Lipinski definition) is 1. The van der Waals surface area contributed by atoms with Crippen molar-refractivity contribution in [1.29, 1.82) is 0 Å². The van der Waals surface area contributed by atoms with Crippen LogP contribution >= 0.6 is 0 Å². The van der Waals surface area contributed by atoms with Crippen LogP contribution in [0.1, 0.15) is 62.8 Å². The van der Waals surface area contributed by atoms with E-state index in [1.165, 1.54) is 0 Å². The molecule has 0 aliphatic carbocycles. The molecule has 4 rings (SSSR count). The first-order valence-corrected chi connectivity index (χ1v) is 13.6. The smallest absolute Gasteiger partial charge is 0.351 e. The maximum Gasteiger partial charge on any atom is 0.416 e. The van der Waals surface area contributed by atoms with Crippen molar-refractivity contribution in [1.82, 2.24) is 14.7 Å². The minimum atomic E-state index is -4.39. The summed E-state index contributed by atoms with van der Waals surface area (Å²) in [5.41, 5.74) is 6.33. The molecule has 39 heavy (non-hydrogen) atoms. The number of rotatable bonds is 5. The number of primary amides is 1. The summed E-state index contributed by atoms with van der Waals surface area (Å²) in [5, 5.41) is 0. The number of likely N-dealkylation sites (tertiary alicyclic amines) is 1. The van der Waals surface area contributed by atoms with E-state index in [1.54, 1.807) is 17.0 Å². The first kappa shape index (κ1) is 28.9. The number of alkyl halides is 3. The molecule has 2 N–H and O–H groups in total. The van der Waals surface area contributed by atoms with Gasteiger partial charge in [0.05, 0.1) is 11.6 Å². The number of carbonyl (C=O) groups is 2. The number of nitrogens with zero attached hydrogens (tertiary/aromatic N) is 3. The third-order valence-electron chi connectivity index (χ3n) is 8.16. The summed E-state index contributed by atoms with van der Waals surface area (Å²) in [6.45, 7) is 9.30. The van der Waals surface area contributed by atoms with Crippen molar-refractivity contribution in [3.8, 4) is 0 Å². The molecule has 212 valence electrons. The second kappa shape index (κ2) is 11.6. The van der Waals surface area contributed by atoms with Gasteiger partial charge >= 0.3 is 12.2 Å². The maximum atomic E-state index is 13.6. The van der Waals surface area contributed by atoms with Gasteiger partial charge in [-0.05, 0) is 47.4 Å². The Morgan fingerprint density at radius 3 is 2.03 bits per heavy atom. The number of amides is 3.